The van der Waals surface area contributed by atoms with E-state index in [2.05, 4.69) is 6.92 Å². The van der Waals surface area contributed by atoms with Gasteiger partial charge < -0.3 is 14.1 Å². The Kier molecular flexibility index (Phi) is 4.60. The molecule has 0 spiro atoms. The second-order valence-electron chi connectivity index (χ2n) is 6.67. The molecule has 2 heterocycles. The van der Waals surface area contributed by atoms with Crippen molar-refractivity contribution >= 4 is 16.9 Å². The fourth-order valence-corrected chi connectivity index (χ4v) is 3.12. The van der Waals surface area contributed by atoms with E-state index in [9.17, 15) is 9.59 Å². The van der Waals surface area contributed by atoms with Crippen molar-refractivity contribution in [3.63, 3.8) is 0 Å². The summed E-state index contributed by atoms with van der Waals surface area (Å²) >= 11 is 0. The largest absolute Gasteiger partial charge is 0.481 e. The number of carbonyl (C=O) groups is 1. The van der Waals surface area contributed by atoms with Gasteiger partial charge in [-0.25, -0.2) is 4.79 Å². The molecule has 0 bridgehead atoms. The molecule has 0 saturated carbocycles. The average molecular weight is 329 g/mol. The zero-order chi connectivity index (χ0) is 17.3. The summed E-state index contributed by atoms with van der Waals surface area (Å²) in [6, 6.07) is 6.79. The van der Waals surface area contributed by atoms with E-state index in [4.69, 9.17) is 9.15 Å². The van der Waals surface area contributed by atoms with Gasteiger partial charge in [-0.2, -0.15) is 0 Å². The van der Waals surface area contributed by atoms with E-state index in [0.717, 1.165) is 36.9 Å². The van der Waals surface area contributed by atoms with E-state index >= 15 is 0 Å². The Morgan fingerprint density at radius 2 is 2.00 bits per heavy atom. The summed E-state index contributed by atoms with van der Waals surface area (Å²) in [7, 11) is 0. The Balaban J connectivity index is 1.74. The minimum absolute atomic E-state index is 0.00712. The van der Waals surface area contributed by atoms with Gasteiger partial charge >= 0.3 is 5.63 Å². The van der Waals surface area contributed by atoms with Crippen LogP contribution in [0.25, 0.3) is 11.0 Å². The van der Waals surface area contributed by atoms with Gasteiger partial charge in [-0.05, 0) is 50.3 Å². The zero-order valence-electron chi connectivity index (χ0n) is 14.4. The first-order valence-electron chi connectivity index (χ1n) is 8.44. The summed E-state index contributed by atoms with van der Waals surface area (Å²) in [4.78, 5) is 25.9. The summed E-state index contributed by atoms with van der Waals surface area (Å²) in [5.74, 6) is 1.21. The number of fused-ring (bicyclic) bond motifs is 1. The maximum atomic E-state index is 12.5. The van der Waals surface area contributed by atoms with Gasteiger partial charge in [0.05, 0.1) is 0 Å². The molecule has 1 saturated heterocycles. The summed E-state index contributed by atoms with van der Waals surface area (Å²) < 4.78 is 11.0. The molecule has 5 nitrogen and oxygen atoms in total. The minimum atomic E-state index is -0.563. The van der Waals surface area contributed by atoms with Gasteiger partial charge in [0.15, 0.2) is 6.10 Å². The van der Waals surface area contributed by atoms with Crippen LogP contribution in [0.4, 0.5) is 0 Å². The van der Waals surface area contributed by atoms with Gasteiger partial charge in [-0.1, -0.05) is 6.92 Å². The fourth-order valence-electron chi connectivity index (χ4n) is 3.12. The van der Waals surface area contributed by atoms with E-state index in [0.29, 0.717) is 17.3 Å². The first kappa shape index (κ1) is 16.6. The number of likely N-dealkylation sites (tertiary alicyclic amines) is 1. The Bertz CT molecular complexity index is 803. The summed E-state index contributed by atoms with van der Waals surface area (Å²) in [6.45, 7) is 7.42. The lowest BCUT2D eigenvalue weighted by molar-refractivity contribution is -0.139. The van der Waals surface area contributed by atoms with Gasteiger partial charge in [-0.15, -0.1) is 0 Å². The molecule has 5 heteroatoms. The SMILES string of the molecule is Cc1cc(=O)oc2cc(O[C@H](C)C(=O)N3CCC(C)CC3)ccc12. The van der Waals surface area contributed by atoms with Crippen molar-refractivity contribution in [1.29, 1.82) is 0 Å². The average Bonchev–Trinajstić information content (AvgIpc) is 2.54. The van der Waals surface area contributed by atoms with Crippen LogP contribution >= 0.6 is 0 Å². The third-order valence-electron chi connectivity index (χ3n) is 4.68. The van der Waals surface area contributed by atoms with Crippen LogP contribution in [0.15, 0.2) is 33.5 Å². The molecule has 1 atom stereocenters. The molecule has 1 aromatic heterocycles. The van der Waals surface area contributed by atoms with Gasteiger partial charge in [0.1, 0.15) is 11.3 Å². The van der Waals surface area contributed by atoms with E-state index in [1.165, 1.54) is 6.07 Å². The van der Waals surface area contributed by atoms with Crippen LogP contribution in [-0.4, -0.2) is 30.0 Å². The predicted octanol–water partition coefficient (Wildman–Crippen LogP) is 3.13. The molecule has 128 valence electrons. The van der Waals surface area contributed by atoms with Crippen molar-refractivity contribution in [2.24, 2.45) is 5.92 Å². The van der Waals surface area contributed by atoms with Gasteiger partial charge in [0.25, 0.3) is 5.91 Å². The van der Waals surface area contributed by atoms with Crippen molar-refractivity contribution in [2.75, 3.05) is 13.1 Å². The van der Waals surface area contributed by atoms with Crippen LogP contribution in [0.1, 0.15) is 32.3 Å². The predicted molar refractivity (Wildman–Crippen MR) is 92.3 cm³/mol. The molecule has 0 unspecified atom stereocenters. The highest BCUT2D eigenvalue weighted by molar-refractivity contribution is 5.82. The minimum Gasteiger partial charge on any atom is -0.481 e. The summed E-state index contributed by atoms with van der Waals surface area (Å²) in [5.41, 5.74) is 0.951. The Morgan fingerprint density at radius 1 is 1.29 bits per heavy atom. The van der Waals surface area contributed by atoms with Crippen molar-refractivity contribution < 1.29 is 13.9 Å². The van der Waals surface area contributed by atoms with Crippen LogP contribution in [0.3, 0.4) is 0 Å². The number of hydrogen-bond donors (Lipinski definition) is 0. The number of aryl methyl sites for hydroxylation is 1. The highest BCUT2D eigenvalue weighted by Crippen LogP contribution is 2.24. The molecule has 1 aliphatic heterocycles. The molecular weight excluding hydrogens is 306 g/mol. The molecule has 1 aliphatic rings. The Labute approximate surface area is 141 Å². The number of piperidine rings is 1. The van der Waals surface area contributed by atoms with Gasteiger partial charge in [0.2, 0.25) is 0 Å². The van der Waals surface area contributed by atoms with Crippen LogP contribution < -0.4 is 10.4 Å². The standard InChI is InChI=1S/C19H23NO4/c1-12-6-8-20(9-7-12)19(22)14(3)23-15-4-5-16-13(2)10-18(21)24-17(16)11-15/h4-5,10-12,14H,6-9H2,1-3H3/t14-/m1/s1. The van der Waals surface area contributed by atoms with Gasteiger partial charge in [-0.3, -0.25) is 4.79 Å². The molecule has 2 aromatic rings. The Hall–Kier alpha value is -2.30. The zero-order valence-corrected chi connectivity index (χ0v) is 14.4. The van der Waals surface area contributed by atoms with Gasteiger partial charge in [0, 0.05) is 30.6 Å². The molecule has 0 N–H and O–H groups in total. The Morgan fingerprint density at radius 3 is 2.71 bits per heavy atom. The third-order valence-corrected chi connectivity index (χ3v) is 4.68. The monoisotopic (exact) mass is 329 g/mol. The fraction of sp³-hybridized carbons (Fsp3) is 0.474. The lowest BCUT2D eigenvalue weighted by Crippen LogP contribution is -2.44. The molecule has 24 heavy (non-hydrogen) atoms. The second kappa shape index (κ2) is 6.67. The molecule has 1 amide bonds. The normalized spacial score (nSPS) is 17.0. The number of rotatable bonds is 3. The van der Waals surface area contributed by atoms with Crippen molar-refractivity contribution in [3.05, 3.63) is 40.2 Å². The van der Waals surface area contributed by atoms with Crippen LogP contribution in [-0.2, 0) is 4.79 Å². The summed E-state index contributed by atoms with van der Waals surface area (Å²) in [5, 5.41) is 0.867. The summed E-state index contributed by atoms with van der Waals surface area (Å²) in [6.07, 6.45) is 1.52. The highest BCUT2D eigenvalue weighted by Gasteiger charge is 2.25. The molecule has 3 rings (SSSR count). The lowest BCUT2D eigenvalue weighted by Gasteiger charge is -2.32. The van der Waals surface area contributed by atoms with Crippen LogP contribution in [0.2, 0.25) is 0 Å². The first-order chi connectivity index (χ1) is 11.4. The molecule has 1 aromatic carbocycles. The van der Waals surface area contributed by atoms with Crippen molar-refractivity contribution in [3.8, 4) is 5.75 Å². The third kappa shape index (κ3) is 3.45. The second-order valence-corrected chi connectivity index (χ2v) is 6.67. The molecular formula is C19H23NO4. The maximum absolute atomic E-state index is 12.5. The molecule has 1 fully saturated rings. The smallest absolute Gasteiger partial charge is 0.336 e. The highest BCUT2D eigenvalue weighted by atomic mass is 16.5. The number of hydrogen-bond acceptors (Lipinski definition) is 4. The van der Waals surface area contributed by atoms with Crippen molar-refractivity contribution in [2.45, 2.75) is 39.7 Å². The van der Waals surface area contributed by atoms with Crippen molar-refractivity contribution in [1.82, 2.24) is 4.90 Å². The number of carbonyl (C=O) groups excluding carboxylic acids is 1. The number of ether oxygens (including phenoxy) is 1. The topological polar surface area (TPSA) is 59.8 Å². The van der Waals surface area contributed by atoms with E-state index in [-0.39, 0.29) is 11.5 Å². The first-order valence-corrected chi connectivity index (χ1v) is 8.44. The lowest BCUT2D eigenvalue weighted by atomic mass is 9.99. The maximum Gasteiger partial charge on any atom is 0.336 e. The van der Waals surface area contributed by atoms with Crippen LogP contribution in [0, 0.1) is 12.8 Å². The van der Waals surface area contributed by atoms with Crippen LogP contribution in [0.5, 0.6) is 5.75 Å². The number of benzene rings is 1. The number of nitrogens with zero attached hydrogens (tertiary/aromatic N) is 1. The molecule has 0 aliphatic carbocycles. The van der Waals surface area contributed by atoms with E-state index in [1.54, 1.807) is 19.1 Å². The van der Waals surface area contributed by atoms with E-state index < -0.39 is 6.10 Å². The quantitative estimate of drug-likeness (QED) is 0.812. The van der Waals surface area contributed by atoms with E-state index in [1.807, 2.05) is 17.9 Å². The number of amides is 1. The molecule has 0 radical (unpaired) electrons.